The van der Waals surface area contributed by atoms with E-state index < -0.39 is 18.1 Å². The minimum Gasteiger partial charge on any atom is -0.399 e. The first-order valence-electron chi connectivity index (χ1n) is 4.99. The average molecular weight is 278 g/mol. The number of thiophene rings is 1. The van der Waals surface area contributed by atoms with Crippen molar-refractivity contribution in [3.63, 3.8) is 0 Å². The van der Waals surface area contributed by atoms with Crippen LogP contribution in [0.1, 0.15) is 22.9 Å². The van der Waals surface area contributed by atoms with E-state index >= 15 is 0 Å². The summed E-state index contributed by atoms with van der Waals surface area (Å²) in [7, 11) is 1.36. The Labute approximate surface area is 104 Å². The Hall–Kier alpha value is -1.57. The SMILES string of the molecule is CO/N=C1/CC(NC(=O)C(F)(F)F)c2ccsc21. The Morgan fingerprint density at radius 3 is 2.94 bits per heavy atom. The van der Waals surface area contributed by atoms with E-state index in [0.29, 0.717) is 11.3 Å². The predicted molar refractivity (Wildman–Crippen MR) is 59.4 cm³/mol. The smallest absolute Gasteiger partial charge is 0.399 e. The van der Waals surface area contributed by atoms with E-state index in [2.05, 4.69) is 9.99 Å². The van der Waals surface area contributed by atoms with Crippen LogP contribution in [-0.4, -0.2) is 24.9 Å². The van der Waals surface area contributed by atoms with Gasteiger partial charge in [-0.2, -0.15) is 13.2 Å². The number of carbonyl (C=O) groups is 1. The monoisotopic (exact) mass is 278 g/mol. The van der Waals surface area contributed by atoms with Crippen molar-refractivity contribution in [1.82, 2.24) is 5.32 Å². The molecule has 8 heteroatoms. The van der Waals surface area contributed by atoms with Gasteiger partial charge in [0.1, 0.15) is 7.11 Å². The van der Waals surface area contributed by atoms with Gasteiger partial charge in [0.15, 0.2) is 0 Å². The number of hydrogen-bond donors (Lipinski definition) is 1. The second-order valence-electron chi connectivity index (χ2n) is 3.65. The van der Waals surface area contributed by atoms with Gasteiger partial charge in [-0.15, -0.1) is 11.3 Å². The van der Waals surface area contributed by atoms with Crippen molar-refractivity contribution in [2.45, 2.75) is 18.6 Å². The Morgan fingerprint density at radius 1 is 1.61 bits per heavy atom. The van der Waals surface area contributed by atoms with E-state index in [1.54, 1.807) is 11.4 Å². The van der Waals surface area contributed by atoms with Crippen LogP contribution in [0.15, 0.2) is 16.6 Å². The second-order valence-corrected chi connectivity index (χ2v) is 4.57. The lowest BCUT2D eigenvalue weighted by atomic mass is 10.2. The molecule has 0 saturated heterocycles. The minimum atomic E-state index is -4.88. The molecule has 2 rings (SSSR count). The zero-order valence-electron chi connectivity index (χ0n) is 9.25. The zero-order chi connectivity index (χ0) is 13.3. The summed E-state index contributed by atoms with van der Waals surface area (Å²) in [5.41, 5.74) is 1.20. The molecule has 0 radical (unpaired) electrons. The van der Waals surface area contributed by atoms with Crippen molar-refractivity contribution in [3.05, 3.63) is 21.9 Å². The van der Waals surface area contributed by atoms with E-state index in [1.807, 2.05) is 5.32 Å². The molecule has 1 heterocycles. The van der Waals surface area contributed by atoms with Crippen molar-refractivity contribution >= 4 is 23.0 Å². The number of carbonyl (C=O) groups excluding carboxylic acids is 1. The molecular weight excluding hydrogens is 269 g/mol. The van der Waals surface area contributed by atoms with E-state index in [-0.39, 0.29) is 6.42 Å². The first-order chi connectivity index (χ1) is 8.43. The summed E-state index contributed by atoms with van der Waals surface area (Å²) in [4.78, 5) is 16.3. The predicted octanol–water partition coefficient (Wildman–Crippen LogP) is 2.22. The van der Waals surface area contributed by atoms with E-state index in [4.69, 9.17) is 0 Å². The molecule has 0 aromatic carbocycles. The summed E-state index contributed by atoms with van der Waals surface area (Å²) in [5.74, 6) is -1.94. The number of oxime groups is 1. The zero-order valence-corrected chi connectivity index (χ0v) is 10.1. The Morgan fingerprint density at radius 2 is 2.33 bits per heavy atom. The standard InChI is InChI=1S/C10H9F3N2O2S/c1-17-15-7-4-6(5-2-3-18-8(5)7)14-9(16)10(11,12)13/h2-3,6H,4H2,1H3,(H,14,16)/b15-7-. The van der Waals surface area contributed by atoms with E-state index in [1.165, 1.54) is 18.4 Å². The molecule has 1 unspecified atom stereocenters. The Bertz CT molecular complexity index is 496. The maximum absolute atomic E-state index is 12.2. The second kappa shape index (κ2) is 4.60. The first-order valence-corrected chi connectivity index (χ1v) is 5.87. The molecule has 18 heavy (non-hydrogen) atoms. The highest BCUT2D eigenvalue weighted by Gasteiger charge is 2.42. The molecule has 1 amide bonds. The average Bonchev–Trinajstić information content (AvgIpc) is 2.83. The fourth-order valence-electron chi connectivity index (χ4n) is 1.78. The summed E-state index contributed by atoms with van der Waals surface area (Å²) < 4.78 is 36.6. The normalized spacial score (nSPS) is 20.9. The van der Waals surface area contributed by atoms with Crippen LogP contribution < -0.4 is 5.32 Å². The number of rotatable bonds is 2. The molecule has 98 valence electrons. The topological polar surface area (TPSA) is 50.7 Å². The van der Waals surface area contributed by atoms with Crippen molar-refractivity contribution in [1.29, 1.82) is 0 Å². The molecule has 0 saturated carbocycles. The van der Waals surface area contributed by atoms with Gasteiger partial charge in [-0.05, 0) is 17.0 Å². The number of fused-ring (bicyclic) bond motifs is 1. The van der Waals surface area contributed by atoms with Gasteiger partial charge < -0.3 is 10.2 Å². The van der Waals surface area contributed by atoms with Crippen LogP contribution in [-0.2, 0) is 9.63 Å². The summed E-state index contributed by atoms with van der Waals surface area (Å²) in [6.45, 7) is 0. The molecule has 4 nitrogen and oxygen atoms in total. The van der Waals surface area contributed by atoms with Crippen LogP contribution in [0.25, 0.3) is 0 Å². The lowest BCUT2D eigenvalue weighted by molar-refractivity contribution is -0.174. The summed E-state index contributed by atoms with van der Waals surface area (Å²) in [6, 6.07) is 0.980. The number of alkyl halides is 3. The van der Waals surface area contributed by atoms with Gasteiger partial charge in [-0.3, -0.25) is 4.79 Å². The van der Waals surface area contributed by atoms with Crippen LogP contribution in [0, 0.1) is 0 Å². The maximum Gasteiger partial charge on any atom is 0.471 e. The number of hydrogen-bond acceptors (Lipinski definition) is 4. The van der Waals surface area contributed by atoms with Crippen molar-refractivity contribution < 1.29 is 22.8 Å². The highest BCUT2D eigenvalue weighted by Crippen LogP contribution is 2.36. The number of amides is 1. The van der Waals surface area contributed by atoms with Crippen LogP contribution in [0.3, 0.4) is 0 Å². The number of nitrogens with zero attached hydrogens (tertiary/aromatic N) is 1. The third-order valence-corrected chi connectivity index (χ3v) is 3.47. The summed E-state index contributed by atoms with van der Waals surface area (Å²) in [5, 5.41) is 7.45. The van der Waals surface area contributed by atoms with Crippen molar-refractivity contribution in [3.8, 4) is 0 Å². The van der Waals surface area contributed by atoms with Gasteiger partial charge in [-0.1, -0.05) is 5.16 Å². The van der Waals surface area contributed by atoms with E-state index in [0.717, 1.165) is 4.88 Å². The molecule has 1 atom stereocenters. The lowest BCUT2D eigenvalue weighted by Crippen LogP contribution is -2.38. The Balaban J connectivity index is 2.19. The van der Waals surface area contributed by atoms with Crippen molar-refractivity contribution in [2.24, 2.45) is 5.16 Å². The largest absolute Gasteiger partial charge is 0.471 e. The van der Waals surface area contributed by atoms with Crippen LogP contribution in [0.5, 0.6) is 0 Å². The van der Waals surface area contributed by atoms with Gasteiger partial charge in [0.2, 0.25) is 0 Å². The summed E-state index contributed by atoms with van der Waals surface area (Å²) in [6.07, 6.45) is -4.67. The molecule has 0 spiro atoms. The molecule has 1 aliphatic rings. The highest BCUT2D eigenvalue weighted by atomic mass is 32.1. The van der Waals surface area contributed by atoms with Gasteiger partial charge in [0.05, 0.1) is 16.6 Å². The third kappa shape index (κ3) is 2.33. The molecule has 0 bridgehead atoms. The van der Waals surface area contributed by atoms with Gasteiger partial charge in [-0.25, -0.2) is 0 Å². The molecular formula is C10H9F3N2O2S. The fourth-order valence-corrected chi connectivity index (χ4v) is 2.74. The van der Waals surface area contributed by atoms with Crippen LogP contribution in [0.2, 0.25) is 0 Å². The lowest BCUT2D eigenvalue weighted by Gasteiger charge is -2.13. The van der Waals surface area contributed by atoms with Crippen LogP contribution >= 0.6 is 11.3 Å². The van der Waals surface area contributed by atoms with Gasteiger partial charge >= 0.3 is 12.1 Å². The maximum atomic E-state index is 12.2. The highest BCUT2D eigenvalue weighted by molar-refractivity contribution is 7.12. The number of nitrogens with one attached hydrogen (secondary N) is 1. The summed E-state index contributed by atoms with van der Waals surface area (Å²) >= 11 is 1.36. The first kappa shape index (κ1) is 12.9. The third-order valence-electron chi connectivity index (χ3n) is 2.49. The molecule has 1 aromatic heterocycles. The van der Waals surface area contributed by atoms with Crippen molar-refractivity contribution in [2.75, 3.05) is 7.11 Å². The van der Waals surface area contributed by atoms with Gasteiger partial charge in [0, 0.05) is 6.42 Å². The van der Waals surface area contributed by atoms with E-state index in [9.17, 15) is 18.0 Å². The molecule has 1 aliphatic carbocycles. The molecule has 1 N–H and O–H groups in total. The Kier molecular flexibility index (Phi) is 3.29. The van der Waals surface area contributed by atoms with Crippen LogP contribution in [0.4, 0.5) is 13.2 Å². The van der Waals surface area contributed by atoms with Gasteiger partial charge in [0.25, 0.3) is 0 Å². The number of halogens is 3. The molecule has 1 aromatic rings. The minimum absolute atomic E-state index is 0.206. The molecule has 0 aliphatic heterocycles. The molecule has 0 fully saturated rings. The fraction of sp³-hybridized carbons (Fsp3) is 0.400. The quantitative estimate of drug-likeness (QED) is 0.843.